The van der Waals surface area contributed by atoms with Gasteiger partial charge < -0.3 is 14.9 Å². The van der Waals surface area contributed by atoms with E-state index >= 15 is 0 Å². The standard InChI is InChI=1S/C20H29F3O7S/c1-12(17(24)30-10-9-15(21)20(22,23)31(27,28)29)11-13-7-6-8-14(18(2,3)25)16(13)19(4,5)26/h6-8,11,14-16,25-26H,9-10H2,1-5H3,(H,27,28,29)/b12-11+. The fourth-order valence-corrected chi connectivity index (χ4v) is 3.79. The highest BCUT2D eigenvalue weighted by Crippen LogP contribution is 2.41. The van der Waals surface area contributed by atoms with Crippen LogP contribution in [0.15, 0.2) is 35.5 Å². The van der Waals surface area contributed by atoms with Crippen LogP contribution in [0.3, 0.4) is 0 Å². The van der Waals surface area contributed by atoms with Gasteiger partial charge in [0.15, 0.2) is 6.17 Å². The maximum Gasteiger partial charge on any atom is 0.400 e. The summed E-state index contributed by atoms with van der Waals surface area (Å²) in [6.45, 7) is 6.80. The second-order valence-electron chi connectivity index (χ2n) is 8.62. The Morgan fingerprint density at radius 1 is 1.23 bits per heavy atom. The van der Waals surface area contributed by atoms with Crippen molar-refractivity contribution in [3.05, 3.63) is 35.5 Å². The Kier molecular flexibility index (Phi) is 8.32. The molecule has 11 heteroatoms. The maximum absolute atomic E-state index is 13.5. The minimum absolute atomic E-state index is 0.0160. The summed E-state index contributed by atoms with van der Waals surface area (Å²) in [7, 11) is -5.94. The molecular formula is C20H29F3O7S. The normalized spacial score (nSPS) is 22.2. The van der Waals surface area contributed by atoms with Crippen molar-refractivity contribution < 1.29 is 45.9 Å². The van der Waals surface area contributed by atoms with Crippen molar-refractivity contribution >= 4 is 16.1 Å². The number of ether oxygens (including phenoxy) is 1. The largest absolute Gasteiger partial charge is 0.462 e. The van der Waals surface area contributed by atoms with Crippen LogP contribution < -0.4 is 0 Å². The summed E-state index contributed by atoms with van der Waals surface area (Å²) in [6.07, 6.45) is 2.05. The van der Waals surface area contributed by atoms with Crippen LogP contribution in [-0.4, -0.2) is 58.4 Å². The van der Waals surface area contributed by atoms with Crippen LogP contribution in [0.4, 0.5) is 13.2 Å². The molecule has 3 atom stereocenters. The molecule has 3 unspecified atom stereocenters. The molecular weight excluding hydrogens is 441 g/mol. The van der Waals surface area contributed by atoms with E-state index in [9.17, 15) is 36.6 Å². The molecule has 0 heterocycles. The monoisotopic (exact) mass is 470 g/mol. The molecule has 0 fully saturated rings. The van der Waals surface area contributed by atoms with E-state index in [0.29, 0.717) is 5.57 Å². The molecule has 3 N–H and O–H groups in total. The van der Waals surface area contributed by atoms with Gasteiger partial charge in [0, 0.05) is 23.8 Å². The van der Waals surface area contributed by atoms with E-state index in [2.05, 4.69) is 0 Å². The van der Waals surface area contributed by atoms with Crippen molar-refractivity contribution in [3.8, 4) is 0 Å². The van der Waals surface area contributed by atoms with E-state index in [-0.39, 0.29) is 5.57 Å². The third-order valence-electron chi connectivity index (χ3n) is 4.92. The van der Waals surface area contributed by atoms with E-state index in [1.165, 1.54) is 13.0 Å². The van der Waals surface area contributed by atoms with Crippen LogP contribution in [0.25, 0.3) is 0 Å². The van der Waals surface area contributed by atoms with Crippen molar-refractivity contribution in [2.24, 2.45) is 11.8 Å². The number of hydrogen-bond acceptors (Lipinski definition) is 6. The molecule has 31 heavy (non-hydrogen) atoms. The van der Waals surface area contributed by atoms with Crippen LogP contribution in [0, 0.1) is 11.8 Å². The van der Waals surface area contributed by atoms with Gasteiger partial charge in [-0.25, -0.2) is 9.18 Å². The molecule has 1 aliphatic carbocycles. The van der Waals surface area contributed by atoms with Gasteiger partial charge in [-0.15, -0.1) is 0 Å². The Labute approximate surface area is 180 Å². The molecule has 0 radical (unpaired) electrons. The van der Waals surface area contributed by atoms with Gasteiger partial charge in [-0.2, -0.15) is 17.2 Å². The Morgan fingerprint density at radius 2 is 1.77 bits per heavy atom. The summed E-state index contributed by atoms with van der Waals surface area (Å²) in [4.78, 5) is 12.2. The molecule has 0 aliphatic heterocycles. The summed E-state index contributed by atoms with van der Waals surface area (Å²) in [6, 6.07) is 0. The number of carbonyl (C=O) groups excluding carboxylic acids is 1. The first kappa shape index (κ1) is 27.3. The number of carbonyl (C=O) groups is 1. The second-order valence-corrected chi connectivity index (χ2v) is 10.1. The van der Waals surface area contributed by atoms with Gasteiger partial charge in [0.1, 0.15) is 0 Å². The highest BCUT2D eigenvalue weighted by atomic mass is 32.2. The molecule has 0 aromatic heterocycles. The van der Waals surface area contributed by atoms with E-state index in [4.69, 9.17) is 9.29 Å². The molecule has 0 bridgehead atoms. The number of aliphatic hydroxyl groups is 2. The third-order valence-corrected chi connectivity index (χ3v) is 5.86. The van der Waals surface area contributed by atoms with Gasteiger partial charge in [-0.1, -0.05) is 18.2 Å². The lowest BCUT2D eigenvalue weighted by molar-refractivity contribution is -0.140. The second kappa shape index (κ2) is 9.43. The Balaban J connectivity index is 2.93. The number of hydrogen-bond donors (Lipinski definition) is 3. The first-order chi connectivity index (χ1) is 13.8. The highest BCUT2D eigenvalue weighted by molar-refractivity contribution is 7.86. The molecule has 0 spiro atoms. The quantitative estimate of drug-likeness (QED) is 0.269. The number of rotatable bonds is 9. The van der Waals surface area contributed by atoms with Crippen molar-refractivity contribution in [1.29, 1.82) is 0 Å². The van der Waals surface area contributed by atoms with Gasteiger partial charge in [0.25, 0.3) is 0 Å². The number of alkyl halides is 3. The van der Waals surface area contributed by atoms with E-state index in [0.717, 1.165) is 0 Å². The first-order valence-corrected chi connectivity index (χ1v) is 10.9. The summed E-state index contributed by atoms with van der Waals surface area (Å²) in [5.74, 6) is -2.04. The summed E-state index contributed by atoms with van der Waals surface area (Å²) in [5, 5.41) is 16.1. The smallest absolute Gasteiger partial charge is 0.400 e. The minimum Gasteiger partial charge on any atom is -0.462 e. The van der Waals surface area contributed by atoms with Crippen molar-refractivity contribution in [2.45, 2.75) is 63.7 Å². The lowest BCUT2D eigenvalue weighted by atomic mass is 9.67. The van der Waals surface area contributed by atoms with E-state index in [1.807, 2.05) is 0 Å². The zero-order valence-corrected chi connectivity index (χ0v) is 18.8. The molecule has 7 nitrogen and oxygen atoms in total. The molecule has 1 aliphatic rings. The average Bonchev–Trinajstić information content (AvgIpc) is 2.58. The van der Waals surface area contributed by atoms with Crippen molar-refractivity contribution in [1.82, 2.24) is 0 Å². The summed E-state index contributed by atoms with van der Waals surface area (Å²) < 4.78 is 74.0. The van der Waals surface area contributed by atoms with Gasteiger partial charge >= 0.3 is 21.3 Å². The van der Waals surface area contributed by atoms with Gasteiger partial charge in [-0.05, 0) is 46.3 Å². The average molecular weight is 471 g/mol. The van der Waals surface area contributed by atoms with Crippen LogP contribution in [0.1, 0.15) is 41.0 Å². The number of esters is 1. The fraction of sp³-hybridized carbons (Fsp3) is 0.650. The molecule has 178 valence electrons. The third kappa shape index (κ3) is 6.90. The number of allylic oxidation sites excluding steroid dienone is 3. The zero-order chi connectivity index (χ0) is 24.4. The van der Waals surface area contributed by atoms with Crippen molar-refractivity contribution in [3.63, 3.8) is 0 Å². The van der Waals surface area contributed by atoms with E-state index in [1.54, 1.807) is 45.9 Å². The Morgan fingerprint density at radius 3 is 2.23 bits per heavy atom. The lowest BCUT2D eigenvalue weighted by Gasteiger charge is -2.42. The van der Waals surface area contributed by atoms with Gasteiger partial charge in [0.2, 0.25) is 0 Å². The topological polar surface area (TPSA) is 121 Å². The lowest BCUT2D eigenvalue weighted by Crippen LogP contribution is -2.46. The molecule has 0 saturated carbocycles. The first-order valence-electron chi connectivity index (χ1n) is 9.47. The molecule has 0 amide bonds. The fourth-order valence-electron chi connectivity index (χ4n) is 3.34. The van der Waals surface area contributed by atoms with E-state index < -0.39 is 63.6 Å². The predicted octanol–water partition coefficient (Wildman–Crippen LogP) is 2.96. The predicted molar refractivity (Wildman–Crippen MR) is 108 cm³/mol. The van der Waals surface area contributed by atoms with Crippen LogP contribution in [0.2, 0.25) is 0 Å². The molecule has 0 aromatic carbocycles. The molecule has 1 rings (SSSR count). The maximum atomic E-state index is 13.5. The highest BCUT2D eigenvalue weighted by Gasteiger charge is 2.52. The minimum atomic E-state index is -5.94. The Hall–Kier alpha value is -1.69. The molecule has 0 aromatic rings. The van der Waals surface area contributed by atoms with Gasteiger partial charge in [0.05, 0.1) is 17.8 Å². The van der Waals surface area contributed by atoms with Crippen molar-refractivity contribution in [2.75, 3.05) is 6.61 Å². The van der Waals surface area contributed by atoms with Crippen LogP contribution in [-0.2, 0) is 19.6 Å². The van der Waals surface area contributed by atoms with Gasteiger partial charge in [-0.3, -0.25) is 4.55 Å². The summed E-state index contributed by atoms with van der Waals surface area (Å²) in [5.41, 5.74) is -1.93. The Bertz CT molecular complexity index is 862. The molecule has 0 saturated heterocycles. The summed E-state index contributed by atoms with van der Waals surface area (Å²) >= 11 is 0. The number of halogens is 3. The van der Waals surface area contributed by atoms with Crippen LogP contribution in [0.5, 0.6) is 0 Å². The van der Waals surface area contributed by atoms with Crippen LogP contribution >= 0.6 is 0 Å². The zero-order valence-electron chi connectivity index (χ0n) is 18.0. The SMILES string of the molecule is C/C(=C\C1=CC=CC(C(C)(C)O)C1C(C)(C)O)C(=O)OCCC(F)C(F)(F)S(=O)(=O)O.